The Hall–Kier alpha value is -5.97. The molecule has 4 N–H and O–H groups in total. The summed E-state index contributed by atoms with van der Waals surface area (Å²) >= 11 is 0. The molecule has 4 aromatic rings. The molecule has 2 aromatic heterocycles. The second-order valence-corrected chi connectivity index (χ2v) is 14.8. The molecule has 5 heterocycles. The standard InChI is InChI=1S/C40H47FN8O8/c1-21(2)34(47-40(53)56-5)38(51)49-13-7-9-31(49)36-43-19-28(45-36)25-17-33-24(16-26(25)41)15-23-14-22(10-11-32(23)57-33)27-18-42-35(44-27)30-8-6-12-48(30)37(50)29(20-54-3)46-39(52)55-4/h10-11,14,16-19,21,29-31,34H,6-9,12-13,15,20H2,1-5H3,(H,42,44)(H,43,45)(H,46,52)(H,47,53)/t29-,30-,31-,34-/m0/s1. The molecule has 4 atom stereocenters. The first kappa shape index (κ1) is 39.3. The Morgan fingerprint density at radius 2 is 1.46 bits per heavy atom. The van der Waals surface area contributed by atoms with Gasteiger partial charge in [0.1, 0.15) is 41.0 Å². The van der Waals surface area contributed by atoms with Gasteiger partial charge < -0.3 is 49.3 Å². The van der Waals surface area contributed by atoms with Crippen molar-refractivity contribution in [1.82, 2.24) is 40.4 Å². The van der Waals surface area contributed by atoms with E-state index in [0.29, 0.717) is 66.8 Å². The maximum Gasteiger partial charge on any atom is 0.407 e. The van der Waals surface area contributed by atoms with E-state index >= 15 is 4.39 Å². The van der Waals surface area contributed by atoms with Crippen molar-refractivity contribution in [2.45, 2.75) is 70.1 Å². The fourth-order valence-electron chi connectivity index (χ4n) is 7.89. The number of hydrogen-bond donors (Lipinski definition) is 4. The lowest BCUT2D eigenvalue weighted by Crippen LogP contribution is -2.51. The van der Waals surface area contributed by atoms with Gasteiger partial charge in [-0.3, -0.25) is 9.59 Å². The highest BCUT2D eigenvalue weighted by Crippen LogP contribution is 2.42. The number of alkyl carbamates (subject to hydrolysis) is 2. The van der Waals surface area contributed by atoms with Crippen LogP contribution in [0.3, 0.4) is 0 Å². The predicted molar refractivity (Wildman–Crippen MR) is 204 cm³/mol. The maximum atomic E-state index is 15.8. The Morgan fingerprint density at radius 3 is 2.11 bits per heavy atom. The topological polar surface area (TPSA) is 193 Å². The smallest absolute Gasteiger partial charge is 0.407 e. The molecule has 0 spiro atoms. The van der Waals surface area contributed by atoms with E-state index in [4.69, 9.17) is 18.9 Å². The second kappa shape index (κ2) is 16.6. The third-order valence-electron chi connectivity index (χ3n) is 10.8. The van der Waals surface area contributed by atoms with Gasteiger partial charge in [0.2, 0.25) is 11.8 Å². The minimum atomic E-state index is -0.902. The fraction of sp³-hybridized carbons (Fsp3) is 0.450. The van der Waals surface area contributed by atoms with Crippen LogP contribution in [0.5, 0.6) is 11.5 Å². The lowest BCUT2D eigenvalue weighted by atomic mass is 9.96. The van der Waals surface area contributed by atoms with Gasteiger partial charge in [-0.1, -0.05) is 13.8 Å². The summed E-state index contributed by atoms with van der Waals surface area (Å²) in [5, 5.41) is 5.20. The number of hydrogen-bond acceptors (Lipinski definition) is 10. The number of H-pyrrole nitrogens is 2. The van der Waals surface area contributed by atoms with Crippen molar-refractivity contribution in [3.63, 3.8) is 0 Å². The zero-order valence-corrected chi connectivity index (χ0v) is 32.5. The molecule has 16 nitrogen and oxygen atoms in total. The monoisotopic (exact) mass is 786 g/mol. The van der Waals surface area contributed by atoms with Crippen LogP contribution in [-0.2, 0) is 30.2 Å². The highest BCUT2D eigenvalue weighted by atomic mass is 19.1. The fourth-order valence-corrected chi connectivity index (χ4v) is 7.89. The number of carbonyl (C=O) groups excluding carboxylic acids is 4. The molecule has 2 aromatic carbocycles. The van der Waals surface area contributed by atoms with Crippen LogP contribution < -0.4 is 15.4 Å². The highest BCUT2D eigenvalue weighted by Gasteiger charge is 2.39. The molecule has 2 saturated heterocycles. The van der Waals surface area contributed by atoms with Gasteiger partial charge in [0, 0.05) is 43.3 Å². The highest BCUT2D eigenvalue weighted by molar-refractivity contribution is 5.87. The number of amides is 4. The van der Waals surface area contributed by atoms with E-state index in [1.807, 2.05) is 32.0 Å². The Bertz CT molecular complexity index is 2150. The van der Waals surface area contributed by atoms with Crippen molar-refractivity contribution in [2.24, 2.45) is 5.92 Å². The van der Waals surface area contributed by atoms with Crippen LogP contribution in [0.15, 0.2) is 42.7 Å². The second-order valence-electron chi connectivity index (χ2n) is 14.8. The van der Waals surface area contributed by atoms with Crippen LogP contribution >= 0.6 is 0 Å². The number of benzene rings is 2. The third kappa shape index (κ3) is 8.01. The van der Waals surface area contributed by atoms with E-state index in [1.54, 1.807) is 28.3 Å². The number of nitrogens with zero attached hydrogens (tertiary/aromatic N) is 4. The summed E-state index contributed by atoms with van der Waals surface area (Å²) in [6.07, 6.45) is 5.22. The Labute approximate surface area is 328 Å². The first-order chi connectivity index (χ1) is 27.5. The van der Waals surface area contributed by atoms with Crippen LogP contribution in [0.4, 0.5) is 14.0 Å². The normalized spacial score (nSPS) is 18.4. The molecule has 302 valence electrons. The number of likely N-dealkylation sites (tertiary alicyclic amines) is 2. The number of ether oxygens (including phenoxy) is 4. The molecule has 17 heteroatoms. The third-order valence-corrected chi connectivity index (χ3v) is 10.8. The molecule has 0 radical (unpaired) electrons. The van der Waals surface area contributed by atoms with Crippen LogP contribution in [0, 0.1) is 11.7 Å². The van der Waals surface area contributed by atoms with E-state index < -0.39 is 30.1 Å². The van der Waals surface area contributed by atoms with Crippen molar-refractivity contribution in [3.8, 4) is 34.0 Å². The molecule has 0 aliphatic carbocycles. The van der Waals surface area contributed by atoms with Gasteiger partial charge in [0.15, 0.2) is 0 Å². The number of carbonyl (C=O) groups is 4. The van der Waals surface area contributed by atoms with Crippen LogP contribution in [0.25, 0.3) is 22.5 Å². The maximum absolute atomic E-state index is 15.8. The molecule has 4 amide bonds. The summed E-state index contributed by atoms with van der Waals surface area (Å²) in [5.41, 5.74) is 3.89. The summed E-state index contributed by atoms with van der Waals surface area (Å²) < 4.78 is 36.8. The van der Waals surface area contributed by atoms with Crippen molar-refractivity contribution in [1.29, 1.82) is 0 Å². The molecule has 3 aliphatic rings. The molecule has 0 bridgehead atoms. The minimum absolute atomic E-state index is 0.00224. The number of fused-ring (bicyclic) bond motifs is 2. The van der Waals surface area contributed by atoms with E-state index in [0.717, 1.165) is 29.7 Å². The average molecular weight is 787 g/mol. The minimum Gasteiger partial charge on any atom is -0.457 e. The predicted octanol–water partition coefficient (Wildman–Crippen LogP) is 5.38. The number of rotatable bonds is 11. The largest absolute Gasteiger partial charge is 0.457 e. The number of aromatic amines is 2. The van der Waals surface area contributed by atoms with Gasteiger partial charge in [-0.15, -0.1) is 0 Å². The molecule has 0 saturated carbocycles. The summed E-state index contributed by atoms with van der Waals surface area (Å²) in [6, 6.07) is 6.57. The van der Waals surface area contributed by atoms with Crippen molar-refractivity contribution in [3.05, 3.63) is 71.3 Å². The Kier molecular flexibility index (Phi) is 11.5. The van der Waals surface area contributed by atoms with E-state index in [9.17, 15) is 19.2 Å². The van der Waals surface area contributed by atoms with Crippen molar-refractivity contribution in [2.75, 3.05) is 41.0 Å². The van der Waals surface area contributed by atoms with Gasteiger partial charge in [-0.05, 0) is 67.5 Å². The van der Waals surface area contributed by atoms with Gasteiger partial charge in [0.05, 0.1) is 56.7 Å². The van der Waals surface area contributed by atoms with Crippen molar-refractivity contribution < 1.29 is 42.5 Å². The van der Waals surface area contributed by atoms with E-state index in [2.05, 4.69) is 30.6 Å². The van der Waals surface area contributed by atoms with E-state index in [-0.39, 0.29) is 42.0 Å². The average Bonchev–Trinajstić information content (AvgIpc) is 4.05. The summed E-state index contributed by atoms with van der Waals surface area (Å²) in [5.74, 6) is 1.20. The first-order valence-electron chi connectivity index (χ1n) is 19.0. The SMILES string of the molecule is COC[C@H](NC(=O)OC)C(=O)N1CCC[C@H]1c1ncc(-c2ccc3c(c2)Cc2cc(F)c(-c4cnc([C@@H]5CCCN5C(=O)[C@@H](NC(=O)OC)C(C)C)[nH]4)cc2O3)[nH]1. The molecule has 0 unspecified atom stereocenters. The molecular formula is C40H47FN8O8. The van der Waals surface area contributed by atoms with Crippen LogP contribution in [0.2, 0.25) is 0 Å². The number of halogens is 1. The molecule has 3 aliphatic heterocycles. The summed E-state index contributed by atoms with van der Waals surface area (Å²) in [7, 11) is 3.95. The van der Waals surface area contributed by atoms with Crippen LogP contribution in [0.1, 0.15) is 74.4 Å². The zero-order valence-electron chi connectivity index (χ0n) is 32.5. The van der Waals surface area contributed by atoms with Gasteiger partial charge in [0.25, 0.3) is 0 Å². The van der Waals surface area contributed by atoms with Gasteiger partial charge in [-0.25, -0.2) is 23.9 Å². The Morgan fingerprint density at radius 1 is 0.842 bits per heavy atom. The first-order valence-corrected chi connectivity index (χ1v) is 19.0. The van der Waals surface area contributed by atoms with Gasteiger partial charge in [-0.2, -0.15) is 0 Å². The lowest BCUT2D eigenvalue weighted by molar-refractivity contribution is -0.136. The lowest BCUT2D eigenvalue weighted by Gasteiger charge is -2.30. The molecule has 57 heavy (non-hydrogen) atoms. The van der Waals surface area contributed by atoms with Crippen LogP contribution in [-0.4, -0.2) is 107 Å². The number of aromatic nitrogens is 4. The quantitative estimate of drug-likeness (QED) is 0.135. The number of imidazole rings is 2. The summed E-state index contributed by atoms with van der Waals surface area (Å²) in [4.78, 5) is 70.1. The molecule has 2 fully saturated rings. The molecular weight excluding hydrogens is 739 g/mol. The van der Waals surface area contributed by atoms with Crippen molar-refractivity contribution >= 4 is 24.0 Å². The van der Waals surface area contributed by atoms with Gasteiger partial charge >= 0.3 is 12.2 Å². The van der Waals surface area contributed by atoms with E-state index in [1.165, 1.54) is 27.4 Å². The zero-order chi connectivity index (χ0) is 40.4. The molecule has 7 rings (SSSR count). The Balaban J connectivity index is 1.05. The number of methoxy groups -OCH3 is 3. The summed E-state index contributed by atoms with van der Waals surface area (Å²) in [6.45, 7) is 4.72. The number of nitrogens with one attached hydrogen (secondary N) is 4.